The number of hydrogen-bond acceptors (Lipinski definition) is 3. The average molecular weight is 338 g/mol. The van der Waals surface area contributed by atoms with E-state index in [1.807, 2.05) is 30.3 Å². The Bertz CT molecular complexity index is 639. The lowest BCUT2D eigenvalue weighted by Gasteiger charge is -2.18. The maximum absolute atomic E-state index is 12.4. The normalized spacial score (nSPS) is 19.0. The quantitative estimate of drug-likeness (QED) is 0.851. The van der Waals surface area contributed by atoms with Gasteiger partial charge in [-0.15, -0.1) is 0 Å². The predicted octanol–water partition coefficient (Wildman–Crippen LogP) is 3.05. The van der Waals surface area contributed by atoms with Crippen molar-refractivity contribution in [2.45, 2.75) is 19.1 Å². The second-order valence-corrected chi connectivity index (χ2v) is 6.27. The van der Waals surface area contributed by atoms with Crippen molar-refractivity contribution in [1.29, 1.82) is 0 Å². The zero-order valence-electron chi connectivity index (χ0n) is 13.3. The third-order valence-electron chi connectivity index (χ3n) is 4.30. The highest BCUT2D eigenvalue weighted by Gasteiger charge is 2.34. The molecule has 1 aromatic heterocycles. The van der Waals surface area contributed by atoms with Gasteiger partial charge in [0.25, 0.3) is 0 Å². The summed E-state index contributed by atoms with van der Waals surface area (Å²) in [6.07, 6.45) is -1.51. The van der Waals surface area contributed by atoms with Crippen molar-refractivity contribution in [3.05, 3.63) is 42.1 Å². The van der Waals surface area contributed by atoms with Gasteiger partial charge in [0.1, 0.15) is 0 Å². The number of likely N-dealkylation sites (tertiary alicyclic amines) is 1. The molecule has 0 bridgehead atoms. The molecule has 0 radical (unpaired) electrons. The van der Waals surface area contributed by atoms with Gasteiger partial charge in [-0.1, -0.05) is 30.3 Å². The van der Waals surface area contributed by atoms with E-state index in [1.54, 1.807) is 6.20 Å². The molecule has 3 rings (SSSR count). The highest BCUT2D eigenvalue weighted by Crippen LogP contribution is 2.23. The number of aromatic amines is 1. The largest absolute Gasteiger partial charge is 0.401 e. The Morgan fingerprint density at radius 1 is 1.25 bits per heavy atom. The van der Waals surface area contributed by atoms with Crippen molar-refractivity contribution in [2.24, 2.45) is 5.92 Å². The number of halogens is 3. The lowest BCUT2D eigenvalue weighted by Crippen LogP contribution is -2.33. The molecule has 1 fully saturated rings. The second kappa shape index (κ2) is 7.36. The van der Waals surface area contributed by atoms with Crippen LogP contribution < -0.4 is 5.32 Å². The van der Waals surface area contributed by atoms with Crippen molar-refractivity contribution in [2.75, 3.05) is 26.2 Å². The molecule has 0 spiro atoms. The van der Waals surface area contributed by atoms with Crippen LogP contribution in [0.25, 0.3) is 11.3 Å². The topological polar surface area (TPSA) is 44.0 Å². The van der Waals surface area contributed by atoms with Gasteiger partial charge in [-0.05, 0) is 31.0 Å². The summed E-state index contributed by atoms with van der Waals surface area (Å²) in [7, 11) is 0. The summed E-state index contributed by atoms with van der Waals surface area (Å²) in [5.74, 6) is 0.263. The fourth-order valence-corrected chi connectivity index (χ4v) is 3.19. The summed E-state index contributed by atoms with van der Waals surface area (Å²) in [6, 6.07) is 9.94. The molecule has 1 saturated heterocycles. The van der Waals surface area contributed by atoms with Crippen LogP contribution >= 0.6 is 0 Å². The molecule has 0 amide bonds. The van der Waals surface area contributed by atoms with E-state index < -0.39 is 12.7 Å². The third kappa shape index (κ3) is 4.58. The summed E-state index contributed by atoms with van der Waals surface area (Å²) in [5, 5.41) is 10.5. The summed E-state index contributed by atoms with van der Waals surface area (Å²) < 4.78 is 37.2. The fourth-order valence-electron chi connectivity index (χ4n) is 3.19. The van der Waals surface area contributed by atoms with Gasteiger partial charge in [0.2, 0.25) is 0 Å². The lowest BCUT2D eigenvalue weighted by molar-refractivity contribution is -0.143. The number of hydrogen-bond donors (Lipinski definition) is 2. The predicted molar refractivity (Wildman–Crippen MR) is 86.3 cm³/mol. The van der Waals surface area contributed by atoms with Crippen molar-refractivity contribution in [1.82, 2.24) is 20.4 Å². The molecule has 0 aliphatic carbocycles. The average Bonchev–Trinajstić information content (AvgIpc) is 3.16. The van der Waals surface area contributed by atoms with Gasteiger partial charge in [0.15, 0.2) is 0 Å². The molecular formula is C17H21F3N4. The molecule has 1 aliphatic heterocycles. The molecule has 0 saturated carbocycles. The van der Waals surface area contributed by atoms with Gasteiger partial charge in [-0.2, -0.15) is 18.3 Å². The Morgan fingerprint density at radius 3 is 2.79 bits per heavy atom. The third-order valence-corrected chi connectivity index (χ3v) is 4.30. The monoisotopic (exact) mass is 338 g/mol. The Labute approximate surface area is 139 Å². The number of nitrogens with zero attached hydrogens (tertiary/aromatic N) is 2. The lowest BCUT2D eigenvalue weighted by atomic mass is 10.1. The first-order valence-electron chi connectivity index (χ1n) is 8.09. The first-order chi connectivity index (χ1) is 11.5. The Hall–Kier alpha value is -1.86. The van der Waals surface area contributed by atoms with E-state index in [4.69, 9.17) is 0 Å². The summed E-state index contributed by atoms with van der Waals surface area (Å²) in [6.45, 7) is 1.59. The molecular weight excluding hydrogens is 317 g/mol. The zero-order chi connectivity index (χ0) is 17.0. The maximum Gasteiger partial charge on any atom is 0.401 e. The van der Waals surface area contributed by atoms with E-state index in [9.17, 15) is 13.2 Å². The van der Waals surface area contributed by atoms with Crippen LogP contribution in [0.5, 0.6) is 0 Å². The minimum absolute atomic E-state index is 0.263. The van der Waals surface area contributed by atoms with Crippen molar-refractivity contribution in [3.63, 3.8) is 0 Å². The molecule has 2 N–H and O–H groups in total. The Balaban J connectivity index is 1.48. The van der Waals surface area contributed by atoms with E-state index in [2.05, 4.69) is 15.5 Å². The molecule has 4 nitrogen and oxygen atoms in total. The number of alkyl halides is 3. The number of nitrogens with one attached hydrogen (secondary N) is 2. The summed E-state index contributed by atoms with van der Waals surface area (Å²) >= 11 is 0. The molecule has 24 heavy (non-hydrogen) atoms. The molecule has 1 aliphatic rings. The standard InChI is InChI=1S/C17H21F3N4/c18-17(19,20)12-24-7-6-13(11-24)8-21-9-15-10-22-23-16(15)14-4-2-1-3-5-14/h1-5,10,13,21H,6-9,11-12H2,(H,22,23)/t13-/m0/s1. The van der Waals surface area contributed by atoms with E-state index in [0.717, 1.165) is 23.2 Å². The van der Waals surface area contributed by atoms with Crippen LogP contribution in [-0.4, -0.2) is 47.5 Å². The summed E-state index contributed by atoms with van der Waals surface area (Å²) in [5.41, 5.74) is 3.11. The fraction of sp³-hybridized carbons (Fsp3) is 0.471. The molecule has 1 aromatic carbocycles. The van der Waals surface area contributed by atoms with E-state index in [0.29, 0.717) is 26.2 Å². The van der Waals surface area contributed by atoms with Crippen LogP contribution in [0.4, 0.5) is 13.2 Å². The molecule has 130 valence electrons. The van der Waals surface area contributed by atoms with Gasteiger partial charge >= 0.3 is 6.18 Å². The number of rotatable bonds is 6. The van der Waals surface area contributed by atoms with Crippen molar-refractivity contribution >= 4 is 0 Å². The van der Waals surface area contributed by atoms with E-state index in [-0.39, 0.29) is 5.92 Å². The van der Waals surface area contributed by atoms with Crippen molar-refractivity contribution < 1.29 is 13.2 Å². The number of benzene rings is 1. The molecule has 2 heterocycles. The highest BCUT2D eigenvalue weighted by atomic mass is 19.4. The van der Waals surface area contributed by atoms with Gasteiger partial charge in [-0.3, -0.25) is 10.00 Å². The van der Waals surface area contributed by atoms with Crippen LogP contribution in [0.15, 0.2) is 36.5 Å². The molecule has 7 heteroatoms. The molecule has 0 unspecified atom stereocenters. The Morgan fingerprint density at radius 2 is 2.04 bits per heavy atom. The van der Waals surface area contributed by atoms with Crippen LogP contribution in [0, 0.1) is 5.92 Å². The van der Waals surface area contributed by atoms with Gasteiger partial charge in [0.05, 0.1) is 18.4 Å². The first kappa shape index (κ1) is 17.0. The van der Waals surface area contributed by atoms with Gasteiger partial charge < -0.3 is 5.32 Å². The number of H-pyrrole nitrogens is 1. The van der Waals surface area contributed by atoms with Gasteiger partial charge in [0, 0.05) is 18.7 Å². The van der Waals surface area contributed by atoms with Crippen LogP contribution in [0.2, 0.25) is 0 Å². The Kier molecular flexibility index (Phi) is 5.20. The minimum atomic E-state index is -4.11. The van der Waals surface area contributed by atoms with Crippen LogP contribution in [-0.2, 0) is 6.54 Å². The molecule has 2 aromatic rings. The first-order valence-corrected chi connectivity index (χ1v) is 8.09. The van der Waals surface area contributed by atoms with Crippen LogP contribution in [0.3, 0.4) is 0 Å². The smallest absolute Gasteiger partial charge is 0.312 e. The SMILES string of the molecule is FC(F)(F)CN1CC[C@@H](CNCc2cn[nH]c2-c2ccccc2)C1. The van der Waals surface area contributed by atoms with Crippen molar-refractivity contribution in [3.8, 4) is 11.3 Å². The summed E-state index contributed by atoms with van der Waals surface area (Å²) in [4.78, 5) is 1.49. The zero-order valence-corrected chi connectivity index (χ0v) is 13.3. The van der Waals surface area contributed by atoms with E-state index >= 15 is 0 Å². The maximum atomic E-state index is 12.4. The molecule has 1 atom stereocenters. The number of aromatic nitrogens is 2. The van der Waals surface area contributed by atoms with Gasteiger partial charge in [-0.25, -0.2) is 0 Å². The second-order valence-electron chi connectivity index (χ2n) is 6.27. The van der Waals surface area contributed by atoms with Crippen LogP contribution in [0.1, 0.15) is 12.0 Å². The highest BCUT2D eigenvalue weighted by molar-refractivity contribution is 5.62. The minimum Gasteiger partial charge on any atom is -0.312 e. The van der Waals surface area contributed by atoms with E-state index in [1.165, 1.54) is 4.90 Å².